The lowest BCUT2D eigenvalue weighted by atomic mass is 10.1. The minimum Gasteiger partial charge on any atom is -0.399 e. The normalized spacial score (nSPS) is 14.1. The van der Waals surface area contributed by atoms with E-state index in [2.05, 4.69) is 5.32 Å². The molecule has 2 aromatic rings. The molecule has 0 aromatic heterocycles. The van der Waals surface area contributed by atoms with Crippen LogP contribution in [0.1, 0.15) is 22.3 Å². The summed E-state index contributed by atoms with van der Waals surface area (Å²) in [7, 11) is 0. The van der Waals surface area contributed by atoms with Crippen molar-refractivity contribution in [3.8, 4) is 0 Å². The van der Waals surface area contributed by atoms with Crippen LogP contribution >= 0.6 is 0 Å². The number of aryl methyl sites for hydroxylation is 1. The van der Waals surface area contributed by atoms with Crippen molar-refractivity contribution in [2.24, 2.45) is 0 Å². The first-order chi connectivity index (χ1) is 12.6. The number of rotatable bonds is 5. The third-order valence-corrected chi connectivity index (χ3v) is 4.35. The number of nitrogen functional groups attached to an aromatic ring is 1. The van der Waals surface area contributed by atoms with Crippen LogP contribution in [0.3, 0.4) is 0 Å². The van der Waals surface area contributed by atoms with Gasteiger partial charge in [0, 0.05) is 25.2 Å². The lowest BCUT2D eigenvalue weighted by Crippen LogP contribution is -2.41. The van der Waals surface area contributed by atoms with Crippen molar-refractivity contribution in [1.82, 2.24) is 4.90 Å². The van der Waals surface area contributed by atoms with E-state index in [-0.39, 0.29) is 11.8 Å². The Hall–Kier alpha value is -2.86. The largest absolute Gasteiger partial charge is 0.399 e. The first kappa shape index (κ1) is 17.9. The van der Waals surface area contributed by atoms with Gasteiger partial charge in [-0.15, -0.1) is 0 Å². The summed E-state index contributed by atoms with van der Waals surface area (Å²) >= 11 is 0. The first-order valence-corrected chi connectivity index (χ1v) is 8.74. The number of para-hydroxylation sites is 1. The molecular weight excluding hydrogens is 330 g/mol. The molecule has 0 radical (unpaired) electrons. The molecule has 0 atom stereocenters. The summed E-state index contributed by atoms with van der Waals surface area (Å²) in [5.74, 6) is -0.202. The Balaban J connectivity index is 1.62. The van der Waals surface area contributed by atoms with E-state index >= 15 is 0 Å². The summed E-state index contributed by atoms with van der Waals surface area (Å²) in [5, 5.41) is 2.87. The van der Waals surface area contributed by atoms with Gasteiger partial charge in [-0.25, -0.2) is 0 Å². The van der Waals surface area contributed by atoms with E-state index in [0.717, 1.165) is 5.56 Å². The van der Waals surface area contributed by atoms with Crippen molar-refractivity contribution in [3.63, 3.8) is 0 Å². The van der Waals surface area contributed by atoms with Gasteiger partial charge in [0.2, 0.25) is 5.91 Å². The molecule has 1 saturated heterocycles. The molecule has 1 fully saturated rings. The smallest absolute Gasteiger partial charge is 0.256 e. The number of nitrogens with one attached hydrogen (secondary N) is 1. The molecule has 1 aliphatic rings. The van der Waals surface area contributed by atoms with Gasteiger partial charge in [-0.1, -0.05) is 24.3 Å². The fraction of sp³-hybridized carbons (Fsp3) is 0.300. The Morgan fingerprint density at radius 1 is 1.04 bits per heavy atom. The zero-order valence-corrected chi connectivity index (χ0v) is 14.6. The molecule has 136 valence electrons. The summed E-state index contributed by atoms with van der Waals surface area (Å²) in [5.41, 5.74) is 8.48. The van der Waals surface area contributed by atoms with Crippen LogP contribution in [0.4, 0.5) is 11.4 Å². The van der Waals surface area contributed by atoms with Gasteiger partial charge >= 0.3 is 0 Å². The van der Waals surface area contributed by atoms with Crippen LogP contribution < -0.4 is 11.1 Å². The molecule has 1 heterocycles. The Morgan fingerprint density at radius 3 is 2.46 bits per heavy atom. The van der Waals surface area contributed by atoms with Gasteiger partial charge in [-0.2, -0.15) is 0 Å². The molecular formula is C20H23N3O3. The fourth-order valence-corrected chi connectivity index (χ4v) is 2.87. The summed E-state index contributed by atoms with van der Waals surface area (Å²) in [4.78, 5) is 26.8. The van der Waals surface area contributed by atoms with E-state index in [1.165, 1.54) is 0 Å². The minimum absolute atomic E-state index is 0.0808. The SMILES string of the molecule is Nc1ccc(CCC(=O)Nc2ccccc2C(=O)N2CCOCC2)cc1. The van der Waals surface area contributed by atoms with Crippen LogP contribution in [0, 0.1) is 0 Å². The fourth-order valence-electron chi connectivity index (χ4n) is 2.87. The summed E-state index contributed by atoms with van der Waals surface area (Å²) < 4.78 is 5.29. The van der Waals surface area contributed by atoms with E-state index in [0.29, 0.717) is 56.1 Å². The summed E-state index contributed by atoms with van der Waals surface area (Å²) in [6, 6.07) is 14.6. The van der Waals surface area contributed by atoms with Crippen LogP contribution in [0.2, 0.25) is 0 Å². The molecule has 3 N–H and O–H groups in total. The highest BCUT2D eigenvalue weighted by molar-refractivity contribution is 6.03. The Labute approximate surface area is 152 Å². The van der Waals surface area contributed by atoms with Crippen molar-refractivity contribution < 1.29 is 14.3 Å². The first-order valence-electron chi connectivity index (χ1n) is 8.74. The number of amides is 2. The van der Waals surface area contributed by atoms with Gasteiger partial charge in [0.05, 0.1) is 24.5 Å². The maximum atomic E-state index is 12.7. The number of nitrogens with two attached hydrogens (primary N) is 1. The highest BCUT2D eigenvalue weighted by Crippen LogP contribution is 2.19. The van der Waals surface area contributed by atoms with Crippen molar-refractivity contribution in [3.05, 3.63) is 59.7 Å². The maximum absolute atomic E-state index is 12.7. The number of nitrogens with zero attached hydrogens (tertiary/aromatic N) is 1. The number of anilines is 2. The molecule has 0 aliphatic carbocycles. The molecule has 2 amide bonds. The second kappa shape index (κ2) is 8.49. The zero-order valence-electron chi connectivity index (χ0n) is 14.6. The van der Waals surface area contributed by atoms with E-state index < -0.39 is 0 Å². The number of carbonyl (C=O) groups is 2. The minimum atomic E-state index is -0.121. The predicted molar refractivity (Wildman–Crippen MR) is 101 cm³/mol. The third-order valence-electron chi connectivity index (χ3n) is 4.35. The third kappa shape index (κ3) is 4.61. The van der Waals surface area contributed by atoms with Gasteiger partial charge in [-0.05, 0) is 36.2 Å². The standard InChI is InChI=1S/C20H23N3O3/c21-16-8-5-15(6-9-16)7-10-19(24)22-18-4-2-1-3-17(18)20(25)23-11-13-26-14-12-23/h1-6,8-9H,7,10-14,21H2,(H,22,24). The van der Waals surface area contributed by atoms with E-state index in [9.17, 15) is 9.59 Å². The van der Waals surface area contributed by atoms with Crippen molar-refractivity contribution in [2.75, 3.05) is 37.4 Å². The number of ether oxygens (including phenoxy) is 1. The van der Waals surface area contributed by atoms with E-state index in [1.807, 2.05) is 30.3 Å². The Bertz CT molecular complexity index is 768. The second-order valence-corrected chi connectivity index (χ2v) is 6.24. The number of hydrogen-bond donors (Lipinski definition) is 2. The topological polar surface area (TPSA) is 84.7 Å². The molecule has 6 heteroatoms. The van der Waals surface area contributed by atoms with Crippen molar-refractivity contribution in [2.45, 2.75) is 12.8 Å². The van der Waals surface area contributed by atoms with Gasteiger partial charge in [-0.3, -0.25) is 9.59 Å². The second-order valence-electron chi connectivity index (χ2n) is 6.24. The summed E-state index contributed by atoms with van der Waals surface area (Å²) in [6.45, 7) is 2.22. The molecule has 26 heavy (non-hydrogen) atoms. The molecule has 1 aliphatic heterocycles. The lowest BCUT2D eigenvalue weighted by Gasteiger charge is -2.27. The van der Waals surface area contributed by atoms with Gasteiger partial charge in [0.15, 0.2) is 0 Å². The van der Waals surface area contributed by atoms with Crippen LogP contribution in [-0.4, -0.2) is 43.0 Å². The average molecular weight is 353 g/mol. The number of benzene rings is 2. The van der Waals surface area contributed by atoms with E-state index in [4.69, 9.17) is 10.5 Å². The molecule has 6 nitrogen and oxygen atoms in total. The van der Waals surface area contributed by atoms with Crippen LogP contribution in [0.15, 0.2) is 48.5 Å². The number of morpholine rings is 1. The van der Waals surface area contributed by atoms with Gasteiger partial charge in [0.1, 0.15) is 0 Å². The van der Waals surface area contributed by atoms with Crippen molar-refractivity contribution in [1.29, 1.82) is 0 Å². The zero-order chi connectivity index (χ0) is 18.4. The van der Waals surface area contributed by atoms with Gasteiger partial charge in [0.25, 0.3) is 5.91 Å². The summed E-state index contributed by atoms with van der Waals surface area (Å²) in [6.07, 6.45) is 0.954. The average Bonchev–Trinajstić information content (AvgIpc) is 2.68. The molecule has 0 unspecified atom stereocenters. The quantitative estimate of drug-likeness (QED) is 0.808. The lowest BCUT2D eigenvalue weighted by molar-refractivity contribution is -0.116. The predicted octanol–water partition coefficient (Wildman–Crippen LogP) is 2.31. The van der Waals surface area contributed by atoms with Gasteiger partial charge < -0.3 is 20.7 Å². The molecule has 3 rings (SSSR count). The highest BCUT2D eigenvalue weighted by Gasteiger charge is 2.21. The van der Waals surface area contributed by atoms with Crippen LogP contribution in [0.25, 0.3) is 0 Å². The van der Waals surface area contributed by atoms with Crippen LogP contribution in [-0.2, 0) is 16.0 Å². The molecule has 0 saturated carbocycles. The molecule has 0 bridgehead atoms. The van der Waals surface area contributed by atoms with Crippen molar-refractivity contribution >= 4 is 23.2 Å². The Kier molecular flexibility index (Phi) is 5.86. The van der Waals surface area contributed by atoms with Crippen LogP contribution in [0.5, 0.6) is 0 Å². The highest BCUT2D eigenvalue weighted by atomic mass is 16.5. The Morgan fingerprint density at radius 2 is 1.73 bits per heavy atom. The monoisotopic (exact) mass is 353 g/mol. The molecule has 0 spiro atoms. The number of hydrogen-bond acceptors (Lipinski definition) is 4. The maximum Gasteiger partial charge on any atom is 0.256 e. The molecule has 2 aromatic carbocycles. The number of carbonyl (C=O) groups excluding carboxylic acids is 2. The van der Waals surface area contributed by atoms with E-state index in [1.54, 1.807) is 23.1 Å².